The molecular formula is C17H33NO2. The van der Waals surface area contributed by atoms with Crippen LogP contribution in [0, 0.1) is 0 Å². The Bertz CT molecular complexity index is 233. The maximum atomic E-state index is 10.8. The smallest absolute Gasteiger partial charge is 0.330 e. The fraction of sp³-hybridized carbons (Fsp3) is 0.824. The standard InChI is InChI=1S/C17H33NO2/c1-4-7-13-18(14-8-5-2)15-11-9-10-12-16-20-17(19)6-3/h6H,3-5,7-16H2,1-2H3. The van der Waals surface area contributed by atoms with E-state index in [4.69, 9.17) is 4.74 Å². The van der Waals surface area contributed by atoms with Crippen LogP contribution >= 0.6 is 0 Å². The molecule has 3 nitrogen and oxygen atoms in total. The van der Waals surface area contributed by atoms with Crippen LogP contribution in [0.5, 0.6) is 0 Å². The Morgan fingerprint density at radius 3 is 2.05 bits per heavy atom. The van der Waals surface area contributed by atoms with Crippen molar-refractivity contribution in [3.8, 4) is 0 Å². The van der Waals surface area contributed by atoms with Gasteiger partial charge in [0.25, 0.3) is 0 Å². The number of carbonyl (C=O) groups is 1. The molecule has 20 heavy (non-hydrogen) atoms. The van der Waals surface area contributed by atoms with Crippen LogP contribution in [-0.4, -0.2) is 37.1 Å². The molecular weight excluding hydrogens is 250 g/mol. The normalized spacial score (nSPS) is 10.8. The van der Waals surface area contributed by atoms with Gasteiger partial charge < -0.3 is 9.64 Å². The van der Waals surface area contributed by atoms with Crippen LogP contribution in [0.15, 0.2) is 12.7 Å². The lowest BCUT2D eigenvalue weighted by Gasteiger charge is -2.21. The summed E-state index contributed by atoms with van der Waals surface area (Å²) in [5.74, 6) is -0.310. The van der Waals surface area contributed by atoms with E-state index in [2.05, 4.69) is 25.3 Å². The lowest BCUT2D eigenvalue weighted by Crippen LogP contribution is -2.27. The van der Waals surface area contributed by atoms with Crippen molar-refractivity contribution in [2.45, 2.75) is 65.2 Å². The zero-order chi connectivity index (χ0) is 15.1. The van der Waals surface area contributed by atoms with Crippen molar-refractivity contribution in [2.75, 3.05) is 26.2 Å². The van der Waals surface area contributed by atoms with Gasteiger partial charge in [-0.2, -0.15) is 0 Å². The molecule has 3 heteroatoms. The molecule has 0 amide bonds. The summed E-state index contributed by atoms with van der Waals surface area (Å²) in [6.45, 7) is 12.1. The van der Waals surface area contributed by atoms with Crippen molar-refractivity contribution in [1.29, 1.82) is 0 Å². The number of esters is 1. The summed E-state index contributed by atoms with van der Waals surface area (Å²) in [5, 5.41) is 0. The van der Waals surface area contributed by atoms with Gasteiger partial charge in [-0.05, 0) is 45.3 Å². The van der Waals surface area contributed by atoms with Gasteiger partial charge in [-0.25, -0.2) is 4.79 Å². The minimum Gasteiger partial charge on any atom is -0.463 e. The van der Waals surface area contributed by atoms with Gasteiger partial charge in [0.05, 0.1) is 6.61 Å². The third kappa shape index (κ3) is 12.2. The topological polar surface area (TPSA) is 29.5 Å². The average Bonchev–Trinajstić information content (AvgIpc) is 2.47. The first kappa shape index (κ1) is 19.2. The average molecular weight is 283 g/mol. The second-order valence-electron chi connectivity index (χ2n) is 5.33. The predicted octanol–water partition coefficient (Wildman–Crippen LogP) is 4.18. The van der Waals surface area contributed by atoms with Crippen molar-refractivity contribution in [3.63, 3.8) is 0 Å². The Kier molecular flexibility index (Phi) is 14.0. The van der Waals surface area contributed by atoms with Crippen LogP contribution in [0.4, 0.5) is 0 Å². The van der Waals surface area contributed by atoms with Gasteiger partial charge >= 0.3 is 5.97 Å². The highest BCUT2D eigenvalue weighted by atomic mass is 16.5. The van der Waals surface area contributed by atoms with Crippen molar-refractivity contribution in [1.82, 2.24) is 4.90 Å². The Balaban J connectivity index is 3.51. The molecule has 0 aliphatic rings. The molecule has 0 saturated heterocycles. The first-order chi connectivity index (χ1) is 9.74. The SMILES string of the molecule is C=CC(=O)OCCCCCCN(CCCC)CCCC. The molecule has 0 aliphatic heterocycles. The van der Waals surface area contributed by atoms with E-state index in [1.54, 1.807) is 0 Å². The Morgan fingerprint density at radius 1 is 0.950 bits per heavy atom. The number of unbranched alkanes of at least 4 members (excludes halogenated alkanes) is 5. The van der Waals surface area contributed by atoms with E-state index in [1.807, 2.05) is 0 Å². The van der Waals surface area contributed by atoms with E-state index in [-0.39, 0.29) is 5.97 Å². The van der Waals surface area contributed by atoms with Gasteiger partial charge in [0.1, 0.15) is 0 Å². The van der Waals surface area contributed by atoms with Gasteiger partial charge in [-0.3, -0.25) is 0 Å². The Morgan fingerprint density at radius 2 is 1.50 bits per heavy atom. The minimum absolute atomic E-state index is 0.310. The van der Waals surface area contributed by atoms with Crippen LogP contribution in [0.25, 0.3) is 0 Å². The third-order valence-electron chi connectivity index (χ3n) is 3.44. The molecule has 0 N–H and O–H groups in total. The number of rotatable bonds is 14. The zero-order valence-electron chi connectivity index (χ0n) is 13.5. The lowest BCUT2D eigenvalue weighted by molar-refractivity contribution is -0.137. The van der Waals surface area contributed by atoms with Gasteiger partial charge in [-0.15, -0.1) is 0 Å². The molecule has 0 spiro atoms. The van der Waals surface area contributed by atoms with E-state index >= 15 is 0 Å². The van der Waals surface area contributed by atoms with Gasteiger partial charge in [-0.1, -0.05) is 46.1 Å². The van der Waals surface area contributed by atoms with E-state index in [1.165, 1.54) is 64.2 Å². The summed E-state index contributed by atoms with van der Waals surface area (Å²) in [6, 6.07) is 0. The molecule has 0 radical (unpaired) electrons. The summed E-state index contributed by atoms with van der Waals surface area (Å²) >= 11 is 0. The summed E-state index contributed by atoms with van der Waals surface area (Å²) in [4.78, 5) is 13.4. The lowest BCUT2D eigenvalue weighted by atomic mass is 10.2. The molecule has 0 aromatic carbocycles. The second-order valence-corrected chi connectivity index (χ2v) is 5.33. The number of carbonyl (C=O) groups excluding carboxylic acids is 1. The number of hydrogen-bond donors (Lipinski definition) is 0. The van der Waals surface area contributed by atoms with Crippen LogP contribution in [-0.2, 0) is 9.53 Å². The van der Waals surface area contributed by atoms with Crippen molar-refractivity contribution < 1.29 is 9.53 Å². The van der Waals surface area contributed by atoms with Gasteiger partial charge in [0.2, 0.25) is 0 Å². The van der Waals surface area contributed by atoms with Crippen molar-refractivity contribution in [2.24, 2.45) is 0 Å². The molecule has 0 aliphatic carbocycles. The summed E-state index contributed by atoms with van der Waals surface area (Å²) in [7, 11) is 0. The van der Waals surface area contributed by atoms with Crippen LogP contribution in [0.3, 0.4) is 0 Å². The molecule has 0 unspecified atom stereocenters. The summed E-state index contributed by atoms with van der Waals surface area (Å²) < 4.78 is 4.96. The van der Waals surface area contributed by atoms with E-state index < -0.39 is 0 Å². The predicted molar refractivity (Wildman–Crippen MR) is 85.9 cm³/mol. The van der Waals surface area contributed by atoms with Gasteiger partial charge in [0, 0.05) is 6.08 Å². The fourth-order valence-corrected chi connectivity index (χ4v) is 2.12. The monoisotopic (exact) mass is 283 g/mol. The van der Waals surface area contributed by atoms with E-state index in [0.29, 0.717) is 6.61 Å². The highest BCUT2D eigenvalue weighted by Crippen LogP contribution is 2.05. The maximum absolute atomic E-state index is 10.8. The number of hydrogen-bond acceptors (Lipinski definition) is 3. The summed E-state index contributed by atoms with van der Waals surface area (Å²) in [5.41, 5.74) is 0. The third-order valence-corrected chi connectivity index (χ3v) is 3.44. The largest absolute Gasteiger partial charge is 0.463 e. The van der Waals surface area contributed by atoms with Crippen LogP contribution in [0.2, 0.25) is 0 Å². The molecule has 0 saturated carbocycles. The molecule has 0 bridgehead atoms. The van der Waals surface area contributed by atoms with Crippen LogP contribution < -0.4 is 0 Å². The Labute approximate surface area is 125 Å². The Hall–Kier alpha value is -0.830. The molecule has 0 heterocycles. The fourth-order valence-electron chi connectivity index (χ4n) is 2.12. The molecule has 0 fully saturated rings. The van der Waals surface area contributed by atoms with Crippen molar-refractivity contribution >= 4 is 5.97 Å². The van der Waals surface area contributed by atoms with Gasteiger partial charge in [0.15, 0.2) is 0 Å². The van der Waals surface area contributed by atoms with E-state index in [9.17, 15) is 4.79 Å². The molecule has 118 valence electrons. The first-order valence-corrected chi connectivity index (χ1v) is 8.26. The molecule has 0 rings (SSSR count). The first-order valence-electron chi connectivity index (χ1n) is 8.26. The highest BCUT2D eigenvalue weighted by Gasteiger charge is 2.03. The second kappa shape index (κ2) is 14.6. The molecule has 0 aromatic rings. The minimum atomic E-state index is -0.310. The van der Waals surface area contributed by atoms with Crippen LogP contribution in [0.1, 0.15) is 65.2 Å². The maximum Gasteiger partial charge on any atom is 0.330 e. The van der Waals surface area contributed by atoms with Crippen molar-refractivity contribution in [3.05, 3.63) is 12.7 Å². The molecule has 0 aromatic heterocycles. The number of nitrogens with zero attached hydrogens (tertiary/aromatic N) is 1. The zero-order valence-corrected chi connectivity index (χ0v) is 13.5. The number of ether oxygens (including phenoxy) is 1. The highest BCUT2D eigenvalue weighted by molar-refractivity contribution is 5.81. The molecule has 0 atom stereocenters. The summed E-state index contributed by atoms with van der Waals surface area (Å²) in [6.07, 6.45) is 11.0. The van der Waals surface area contributed by atoms with E-state index in [0.717, 1.165) is 12.8 Å². The quantitative estimate of drug-likeness (QED) is 0.272.